The van der Waals surface area contributed by atoms with E-state index in [2.05, 4.69) is 4.98 Å². The van der Waals surface area contributed by atoms with Crippen molar-refractivity contribution in [1.29, 1.82) is 0 Å². The molecule has 0 fully saturated rings. The second-order valence-electron chi connectivity index (χ2n) is 7.56. The smallest absolute Gasteiger partial charge is 0.337 e. The molecular formula is C24H22N4O5. The van der Waals surface area contributed by atoms with Crippen molar-refractivity contribution < 1.29 is 19.6 Å². The maximum Gasteiger partial charge on any atom is 0.337 e. The number of carbonyl (C=O) groups is 1. The molecule has 2 heterocycles. The number of aromatic nitrogens is 2. The van der Waals surface area contributed by atoms with Gasteiger partial charge in [-0.1, -0.05) is 12.1 Å². The monoisotopic (exact) mass is 446 g/mol. The number of hydrogen-bond donors (Lipinski definition) is 2. The van der Waals surface area contributed by atoms with Gasteiger partial charge >= 0.3 is 5.97 Å². The summed E-state index contributed by atoms with van der Waals surface area (Å²) in [5.41, 5.74) is 9.47. The van der Waals surface area contributed by atoms with Crippen LogP contribution in [0, 0.1) is 10.1 Å². The number of aromatic carboxylic acids is 1. The van der Waals surface area contributed by atoms with Crippen LogP contribution in [0.15, 0.2) is 67.0 Å². The Morgan fingerprint density at radius 1 is 1.18 bits per heavy atom. The molecule has 4 aromatic rings. The predicted octanol–water partition coefficient (Wildman–Crippen LogP) is 3.77. The average molecular weight is 446 g/mol. The second kappa shape index (κ2) is 9.49. The van der Waals surface area contributed by atoms with Crippen molar-refractivity contribution >= 4 is 22.6 Å². The summed E-state index contributed by atoms with van der Waals surface area (Å²) < 4.78 is 7.95. The minimum absolute atomic E-state index is 0.0267. The van der Waals surface area contributed by atoms with Crippen LogP contribution in [-0.4, -0.2) is 32.1 Å². The first-order valence-corrected chi connectivity index (χ1v) is 10.3. The van der Waals surface area contributed by atoms with E-state index in [1.165, 1.54) is 24.4 Å². The molecule has 168 valence electrons. The van der Waals surface area contributed by atoms with Gasteiger partial charge in [0.1, 0.15) is 12.4 Å². The lowest BCUT2D eigenvalue weighted by Crippen LogP contribution is -2.04. The average Bonchev–Trinajstić information content (AvgIpc) is 3.15. The Bertz CT molecular complexity index is 1310. The zero-order valence-electron chi connectivity index (χ0n) is 17.7. The number of pyridine rings is 1. The molecule has 0 unspecified atom stereocenters. The summed E-state index contributed by atoms with van der Waals surface area (Å²) in [4.78, 5) is 25.8. The third kappa shape index (κ3) is 4.99. The highest BCUT2D eigenvalue weighted by Gasteiger charge is 2.12. The molecule has 0 saturated heterocycles. The number of nitro groups is 1. The molecule has 0 spiro atoms. The maximum absolute atomic E-state index is 11.0. The molecule has 2 aromatic heterocycles. The highest BCUT2D eigenvalue weighted by atomic mass is 16.6. The number of carboxylic acid groups (broad SMARTS) is 1. The highest BCUT2D eigenvalue weighted by molar-refractivity contribution is 5.87. The normalized spacial score (nSPS) is 10.9. The number of hydrogen-bond acceptors (Lipinski definition) is 6. The van der Waals surface area contributed by atoms with Gasteiger partial charge < -0.3 is 20.1 Å². The molecule has 3 N–H and O–H groups in total. The Morgan fingerprint density at radius 3 is 2.73 bits per heavy atom. The van der Waals surface area contributed by atoms with Gasteiger partial charge in [0.25, 0.3) is 5.69 Å². The summed E-state index contributed by atoms with van der Waals surface area (Å²) in [7, 11) is 0. The topological polar surface area (TPSA) is 134 Å². The molecule has 9 heteroatoms. The van der Waals surface area contributed by atoms with Gasteiger partial charge in [0.05, 0.1) is 22.7 Å². The van der Waals surface area contributed by atoms with Crippen LogP contribution >= 0.6 is 0 Å². The number of rotatable bonds is 9. The first-order chi connectivity index (χ1) is 15.9. The molecule has 0 aliphatic heterocycles. The first-order valence-electron chi connectivity index (χ1n) is 10.3. The summed E-state index contributed by atoms with van der Waals surface area (Å²) in [6, 6.07) is 15.3. The van der Waals surface area contributed by atoms with Crippen molar-refractivity contribution in [3.8, 4) is 5.75 Å². The molecule has 0 radical (unpaired) electrons. The van der Waals surface area contributed by atoms with Crippen LogP contribution < -0.4 is 10.5 Å². The van der Waals surface area contributed by atoms with Crippen LogP contribution in [0.1, 0.15) is 27.2 Å². The van der Waals surface area contributed by atoms with Crippen LogP contribution in [-0.2, 0) is 19.6 Å². The van der Waals surface area contributed by atoms with E-state index >= 15 is 0 Å². The Balaban J connectivity index is 1.57. The summed E-state index contributed by atoms with van der Waals surface area (Å²) in [6.45, 7) is 1.18. The molecule has 4 rings (SSSR count). The number of fused-ring (bicyclic) bond motifs is 1. The van der Waals surface area contributed by atoms with Crippen molar-refractivity contribution in [2.75, 3.05) is 6.54 Å². The minimum Gasteiger partial charge on any atom is -0.489 e. The molecule has 0 amide bonds. The van der Waals surface area contributed by atoms with Crippen LogP contribution in [0.25, 0.3) is 10.9 Å². The van der Waals surface area contributed by atoms with E-state index in [0.717, 1.165) is 22.2 Å². The number of non-ortho nitro benzene ring substituents is 1. The minimum atomic E-state index is -1.01. The predicted molar refractivity (Wildman–Crippen MR) is 122 cm³/mol. The molecule has 9 nitrogen and oxygen atoms in total. The van der Waals surface area contributed by atoms with Gasteiger partial charge in [0.15, 0.2) is 0 Å². The molecule has 0 saturated carbocycles. The molecule has 33 heavy (non-hydrogen) atoms. The van der Waals surface area contributed by atoms with Crippen molar-refractivity contribution in [1.82, 2.24) is 9.55 Å². The van der Waals surface area contributed by atoms with Crippen molar-refractivity contribution in [3.05, 3.63) is 99.5 Å². The van der Waals surface area contributed by atoms with Gasteiger partial charge in [0, 0.05) is 35.4 Å². The van der Waals surface area contributed by atoms with Crippen LogP contribution in [0.4, 0.5) is 5.69 Å². The second-order valence-corrected chi connectivity index (χ2v) is 7.56. The van der Waals surface area contributed by atoms with Gasteiger partial charge in [0.2, 0.25) is 0 Å². The van der Waals surface area contributed by atoms with E-state index < -0.39 is 10.9 Å². The number of nitro benzene ring substituents is 1. The van der Waals surface area contributed by atoms with E-state index in [1.807, 2.05) is 29.0 Å². The van der Waals surface area contributed by atoms with Crippen LogP contribution in [0.2, 0.25) is 0 Å². The standard InChI is InChI=1S/C24H22N4O5/c25-9-8-18-13-27(14-19-5-4-17(12-26-19)24(29)30)23-7-6-21(11-22(18)23)33-15-16-2-1-3-20(10-16)28(31)32/h1-7,10-13H,8-9,14-15,25H2,(H,29,30). The van der Waals surface area contributed by atoms with Gasteiger partial charge in [-0.2, -0.15) is 0 Å². The Hall–Kier alpha value is -4.24. The van der Waals surface area contributed by atoms with Gasteiger partial charge in [-0.25, -0.2) is 4.79 Å². The molecule has 0 bridgehead atoms. The SMILES string of the molecule is NCCc1cn(Cc2ccc(C(=O)O)cn2)c2ccc(OCc3cccc([N+](=O)[O-])c3)cc12. The fourth-order valence-corrected chi connectivity index (χ4v) is 3.67. The van der Waals surface area contributed by atoms with E-state index in [0.29, 0.717) is 30.8 Å². The number of benzene rings is 2. The summed E-state index contributed by atoms with van der Waals surface area (Å²) in [6.07, 6.45) is 4.06. The van der Waals surface area contributed by atoms with E-state index in [1.54, 1.807) is 18.2 Å². The fourth-order valence-electron chi connectivity index (χ4n) is 3.67. The zero-order valence-corrected chi connectivity index (χ0v) is 17.7. The number of nitrogens with two attached hydrogens (primary N) is 1. The number of carboxylic acids is 1. The number of ether oxygens (including phenoxy) is 1. The van der Waals surface area contributed by atoms with Gasteiger partial charge in [-0.3, -0.25) is 15.1 Å². The molecule has 0 aliphatic rings. The zero-order chi connectivity index (χ0) is 23.4. The van der Waals surface area contributed by atoms with Crippen molar-refractivity contribution in [3.63, 3.8) is 0 Å². The summed E-state index contributed by atoms with van der Waals surface area (Å²) in [5, 5.41) is 21.0. The van der Waals surface area contributed by atoms with Gasteiger partial charge in [-0.05, 0) is 54.4 Å². The maximum atomic E-state index is 11.0. The molecular weight excluding hydrogens is 424 g/mol. The summed E-state index contributed by atoms with van der Waals surface area (Å²) >= 11 is 0. The van der Waals surface area contributed by atoms with Crippen molar-refractivity contribution in [2.24, 2.45) is 5.73 Å². The lowest BCUT2D eigenvalue weighted by Gasteiger charge is -2.08. The Morgan fingerprint density at radius 2 is 2.03 bits per heavy atom. The highest BCUT2D eigenvalue weighted by Crippen LogP contribution is 2.28. The third-order valence-corrected chi connectivity index (χ3v) is 5.28. The lowest BCUT2D eigenvalue weighted by atomic mass is 10.1. The largest absolute Gasteiger partial charge is 0.489 e. The number of nitrogens with zero attached hydrogens (tertiary/aromatic N) is 3. The van der Waals surface area contributed by atoms with Gasteiger partial charge in [-0.15, -0.1) is 0 Å². The van der Waals surface area contributed by atoms with E-state index in [-0.39, 0.29) is 17.9 Å². The Kier molecular flexibility index (Phi) is 6.32. The molecule has 0 aliphatic carbocycles. The molecule has 0 atom stereocenters. The first kappa shape index (κ1) is 22.0. The fraction of sp³-hybridized carbons (Fsp3) is 0.167. The van der Waals surface area contributed by atoms with E-state index in [4.69, 9.17) is 15.6 Å². The third-order valence-electron chi connectivity index (χ3n) is 5.28. The quantitative estimate of drug-likeness (QED) is 0.295. The van der Waals surface area contributed by atoms with Crippen LogP contribution in [0.3, 0.4) is 0 Å². The molecule has 2 aromatic carbocycles. The summed E-state index contributed by atoms with van der Waals surface area (Å²) in [5.74, 6) is -0.364. The van der Waals surface area contributed by atoms with Crippen molar-refractivity contribution in [2.45, 2.75) is 19.6 Å². The Labute approximate surface area is 189 Å². The van der Waals surface area contributed by atoms with Crippen LogP contribution in [0.5, 0.6) is 5.75 Å². The lowest BCUT2D eigenvalue weighted by molar-refractivity contribution is -0.384. The van der Waals surface area contributed by atoms with E-state index in [9.17, 15) is 14.9 Å².